The van der Waals surface area contributed by atoms with Crippen LogP contribution in [0.25, 0.3) is 6.08 Å². The summed E-state index contributed by atoms with van der Waals surface area (Å²) in [5.41, 5.74) is 1.73. The zero-order valence-corrected chi connectivity index (χ0v) is 18.4. The molecule has 0 bridgehead atoms. The van der Waals surface area contributed by atoms with Crippen LogP contribution in [-0.2, 0) is 9.59 Å². The summed E-state index contributed by atoms with van der Waals surface area (Å²) in [7, 11) is 1.41. The van der Waals surface area contributed by atoms with Crippen LogP contribution in [0.5, 0.6) is 11.5 Å². The Labute approximate surface area is 186 Å². The van der Waals surface area contributed by atoms with Crippen LogP contribution in [0.4, 0.5) is 5.69 Å². The van der Waals surface area contributed by atoms with Crippen molar-refractivity contribution in [3.8, 4) is 17.6 Å². The molecule has 2 aromatic rings. The van der Waals surface area contributed by atoms with Crippen LogP contribution in [0.1, 0.15) is 11.1 Å². The van der Waals surface area contributed by atoms with Crippen molar-refractivity contribution in [1.82, 2.24) is 0 Å². The summed E-state index contributed by atoms with van der Waals surface area (Å²) in [4.78, 5) is 23.2. The number of aliphatic carboxylic acids is 1. The maximum Gasteiger partial charge on any atom is 0.341 e. The normalized spacial score (nSPS) is 10.8. The number of halogens is 2. The molecule has 9 heteroatoms. The predicted octanol–water partition coefficient (Wildman–Crippen LogP) is 4.27. The Morgan fingerprint density at radius 1 is 1.34 bits per heavy atom. The van der Waals surface area contributed by atoms with Crippen molar-refractivity contribution < 1.29 is 24.2 Å². The number of hydrogen-bond donors (Lipinski definition) is 2. The summed E-state index contributed by atoms with van der Waals surface area (Å²) in [6.45, 7) is 1.32. The summed E-state index contributed by atoms with van der Waals surface area (Å²) < 4.78 is 11.1. The minimum Gasteiger partial charge on any atom is -0.493 e. The molecular weight excluding hydrogens is 511 g/mol. The Kier molecular flexibility index (Phi) is 7.87. The Morgan fingerprint density at radius 2 is 2.07 bits per heavy atom. The number of carbonyl (C=O) groups is 2. The van der Waals surface area contributed by atoms with Gasteiger partial charge in [0.25, 0.3) is 5.91 Å². The van der Waals surface area contributed by atoms with Crippen molar-refractivity contribution in [2.75, 3.05) is 19.0 Å². The lowest BCUT2D eigenvalue weighted by molar-refractivity contribution is -0.139. The standard InChI is InChI=1S/C20H16ClIN2O5/c1-11-3-4-14(8-15(11)21)24-20(27)13(9-23)5-12-6-16(22)19(17(7-12)28-2)29-10-18(25)26/h3-8H,10H2,1-2H3,(H,24,27)(H,25,26)/b13-5-. The fourth-order valence-corrected chi connectivity index (χ4v) is 3.24. The highest BCUT2D eigenvalue weighted by Crippen LogP contribution is 2.34. The Bertz CT molecular complexity index is 1030. The molecule has 0 radical (unpaired) electrons. The first kappa shape index (κ1) is 22.5. The molecule has 0 aliphatic carbocycles. The largest absolute Gasteiger partial charge is 0.493 e. The number of anilines is 1. The number of nitrogens with zero attached hydrogens (tertiary/aromatic N) is 1. The van der Waals surface area contributed by atoms with Gasteiger partial charge in [0, 0.05) is 10.7 Å². The van der Waals surface area contributed by atoms with Gasteiger partial charge in [-0.25, -0.2) is 4.79 Å². The fourth-order valence-electron chi connectivity index (χ4n) is 2.28. The zero-order valence-electron chi connectivity index (χ0n) is 15.5. The average Bonchev–Trinajstić information content (AvgIpc) is 2.67. The summed E-state index contributed by atoms with van der Waals surface area (Å²) in [5.74, 6) is -1.16. The molecule has 2 rings (SSSR count). The first-order valence-electron chi connectivity index (χ1n) is 8.16. The van der Waals surface area contributed by atoms with E-state index in [0.717, 1.165) is 5.56 Å². The lowest BCUT2D eigenvalue weighted by atomic mass is 10.1. The van der Waals surface area contributed by atoms with Crippen LogP contribution in [0, 0.1) is 21.8 Å². The van der Waals surface area contributed by atoms with Gasteiger partial charge in [-0.3, -0.25) is 4.79 Å². The van der Waals surface area contributed by atoms with E-state index >= 15 is 0 Å². The van der Waals surface area contributed by atoms with Crippen molar-refractivity contribution in [2.24, 2.45) is 0 Å². The number of benzene rings is 2. The number of carboxylic acid groups (broad SMARTS) is 1. The monoisotopic (exact) mass is 526 g/mol. The number of hydrogen-bond acceptors (Lipinski definition) is 5. The molecule has 0 saturated heterocycles. The molecule has 0 atom stereocenters. The molecule has 2 aromatic carbocycles. The van der Waals surface area contributed by atoms with Gasteiger partial charge >= 0.3 is 5.97 Å². The van der Waals surface area contributed by atoms with Crippen LogP contribution < -0.4 is 14.8 Å². The molecule has 2 N–H and O–H groups in total. The molecule has 0 saturated carbocycles. The van der Waals surface area contributed by atoms with Crippen molar-refractivity contribution in [3.63, 3.8) is 0 Å². The van der Waals surface area contributed by atoms with Gasteiger partial charge in [0.2, 0.25) is 0 Å². The molecule has 1 amide bonds. The third kappa shape index (κ3) is 6.10. The molecule has 0 heterocycles. The lowest BCUT2D eigenvalue weighted by Crippen LogP contribution is -2.13. The van der Waals surface area contributed by atoms with E-state index in [9.17, 15) is 14.9 Å². The molecular formula is C20H16ClIN2O5. The highest BCUT2D eigenvalue weighted by atomic mass is 127. The fraction of sp³-hybridized carbons (Fsp3) is 0.150. The van der Waals surface area contributed by atoms with E-state index in [1.54, 1.807) is 30.3 Å². The van der Waals surface area contributed by atoms with Crippen molar-refractivity contribution in [2.45, 2.75) is 6.92 Å². The molecule has 7 nitrogen and oxygen atoms in total. The van der Waals surface area contributed by atoms with Crippen LogP contribution >= 0.6 is 34.2 Å². The molecule has 0 aliphatic rings. The van der Waals surface area contributed by atoms with Gasteiger partial charge < -0.3 is 19.9 Å². The molecule has 0 aliphatic heterocycles. The summed E-state index contributed by atoms with van der Waals surface area (Å²) in [5, 5.41) is 21.3. The predicted molar refractivity (Wildman–Crippen MR) is 117 cm³/mol. The van der Waals surface area contributed by atoms with Gasteiger partial charge in [0.1, 0.15) is 11.6 Å². The third-order valence-electron chi connectivity index (χ3n) is 3.70. The highest BCUT2D eigenvalue weighted by molar-refractivity contribution is 14.1. The minimum absolute atomic E-state index is 0.126. The van der Waals surface area contributed by atoms with Crippen LogP contribution in [0.15, 0.2) is 35.9 Å². The lowest BCUT2D eigenvalue weighted by Gasteiger charge is -2.12. The van der Waals surface area contributed by atoms with Gasteiger partial charge in [0.15, 0.2) is 18.1 Å². The topological polar surface area (TPSA) is 109 Å². The zero-order chi connectivity index (χ0) is 21.6. The molecule has 0 unspecified atom stereocenters. The van der Waals surface area contributed by atoms with Gasteiger partial charge in [-0.15, -0.1) is 0 Å². The Balaban J connectivity index is 2.30. The van der Waals surface area contributed by atoms with Crippen molar-refractivity contribution >= 4 is 57.8 Å². The number of nitrogens with one attached hydrogen (secondary N) is 1. The Hall–Kier alpha value is -2.77. The maximum absolute atomic E-state index is 12.5. The van der Waals surface area contributed by atoms with Gasteiger partial charge in [-0.1, -0.05) is 17.7 Å². The van der Waals surface area contributed by atoms with Crippen LogP contribution in [0.3, 0.4) is 0 Å². The number of methoxy groups -OCH3 is 1. The van der Waals surface area contributed by atoms with E-state index in [1.165, 1.54) is 13.2 Å². The van der Waals surface area contributed by atoms with E-state index in [4.69, 9.17) is 26.2 Å². The quantitative estimate of drug-likeness (QED) is 0.317. The number of nitriles is 1. The molecule has 0 fully saturated rings. The second-order valence-electron chi connectivity index (χ2n) is 5.80. The molecule has 29 heavy (non-hydrogen) atoms. The third-order valence-corrected chi connectivity index (χ3v) is 4.91. The first-order chi connectivity index (χ1) is 13.7. The van der Waals surface area contributed by atoms with Gasteiger partial charge in [-0.2, -0.15) is 5.26 Å². The maximum atomic E-state index is 12.5. The SMILES string of the molecule is COc1cc(/C=C(/C#N)C(=O)Nc2ccc(C)c(Cl)c2)cc(I)c1OCC(=O)O. The number of ether oxygens (including phenoxy) is 2. The minimum atomic E-state index is -1.12. The first-order valence-corrected chi connectivity index (χ1v) is 9.62. The van der Waals surface area contributed by atoms with Gasteiger partial charge in [0.05, 0.1) is 10.7 Å². The Morgan fingerprint density at radius 3 is 2.66 bits per heavy atom. The van der Waals surface area contributed by atoms with E-state index in [-0.39, 0.29) is 17.1 Å². The highest BCUT2D eigenvalue weighted by Gasteiger charge is 2.15. The molecule has 0 spiro atoms. The molecule has 150 valence electrons. The summed E-state index contributed by atoms with van der Waals surface area (Å²) in [6.07, 6.45) is 1.40. The summed E-state index contributed by atoms with van der Waals surface area (Å²) in [6, 6.07) is 10.1. The van der Waals surface area contributed by atoms with Crippen molar-refractivity contribution in [1.29, 1.82) is 5.26 Å². The average molecular weight is 527 g/mol. The number of rotatable bonds is 7. The number of carboxylic acids is 1. The van der Waals surface area contributed by atoms with Crippen LogP contribution in [0.2, 0.25) is 5.02 Å². The number of amides is 1. The number of aryl methyl sites for hydroxylation is 1. The van der Waals surface area contributed by atoms with E-state index in [2.05, 4.69) is 5.32 Å². The van der Waals surface area contributed by atoms with Gasteiger partial charge in [-0.05, 0) is 71.0 Å². The molecule has 0 aromatic heterocycles. The second-order valence-corrected chi connectivity index (χ2v) is 7.37. The van der Waals surface area contributed by atoms with Crippen LogP contribution in [-0.4, -0.2) is 30.7 Å². The summed E-state index contributed by atoms with van der Waals surface area (Å²) >= 11 is 8.01. The second kappa shape index (κ2) is 10.1. The van der Waals surface area contributed by atoms with Crippen molar-refractivity contribution in [3.05, 3.63) is 55.6 Å². The van der Waals surface area contributed by atoms with E-state index in [1.807, 2.05) is 35.6 Å². The van der Waals surface area contributed by atoms with E-state index < -0.39 is 18.5 Å². The number of carbonyl (C=O) groups excluding carboxylic acids is 1. The van der Waals surface area contributed by atoms with E-state index in [0.29, 0.717) is 19.8 Å². The smallest absolute Gasteiger partial charge is 0.341 e.